The van der Waals surface area contributed by atoms with Crippen LogP contribution in [0, 0.1) is 17.2 Å². The normalized spacial score (nSPS) is 31.2. The van der Waals surface area contributed by atoms with Crippen LogP contribution in [0.2, 0.25) is 0 Å². The molecule has 1 aliphatic rings. The summed E-state index contributed by atoms with van der Waals surface area (Å²) in [6.45, 7) is 5.95. The zero-order valence-corrected chi connectivity index (χ0v) is 9.36. The van der Waals surface area contributed by atoms with Gasteiger partial charge in [0.2, 0.25) is 0 Å². The Balaban J connectivity index is 2.73. The van der Waals surface area contributed by atoms with Gasteiger partial charge < -0.3 is 0 Å². The second kappa shape index (κ2) is 3.79. The van der Waals surface area contributed by atoms with E-state index in [2.05, 4.69) is 6.07 Å². The topological polar surface area (TPSA) is 40.9 Å². The lowest BCUT2D eigenvalue weighted by atomic mass is 10.1. The van der Waals surface area contributed by atoms with E-state index in [1.807, 2.05) is 20.8 Å². The Labute approximate surface area is 82.8 Å². The number of nitrogens with zero attached hydrogens (tertiary/aromatic N) is 1. The second-order valence-electron chi connectivity index (χ2n) is 4.61. The molecule has 1 fully saturated rings. The minimum atomic E-state index is -0.865. The Morgan fingerprint density at radius 3 is 2.46 bits per heavy atom. The monoisotopic (exact) mass is 199 g/mol. The van der Waals surface area contributed by atoms with Gasteiger partial charge in [0.05, 0.1) is 17.2 Å². The van der Waals surface area contributed by atoms with E-state index < -0.39 is 10.8 Å². The Hall–Kier alpha value is -0.360. The first-order valence-electron chi connectivity index (χ1n) is 4.77. The molecule has 0 aromatic rings. The summed E-state index contributed by atoms with van der Waals surface area (Å²) in [5, 5.41) is 8.98. The highest BCUT2D eigenvalue weighted by Gasteiger charge is 2.36. The first-order valence-corrected chi connectivity index (χ1v) is 5.98. The molecular weight excluding hydrogens is 182 g/mol. The summed E-state index contributed by atoms with van der Waals surface area (Å²) in [7, 11) is -0.865. The quantitative estimate of drug-likeness (QED) is 0.649. The Morgan fingerprint density at radius 2 is 2.00 bits per heavy atom. The van der Waals surface area contributed by atoms with Crippen LogP contribution in [-0.4, -0.2) is 14.2 Å². The van der Waals surface area contributed by atoms with Crippen LogP contribution in [0.5, 0.6) is 0 Å². The molecular formula is C10H17NOS. The van der Waals surface area contributed by atoms with Gasteiger partial charge in [-0.2, -0.15) is 5.26 Å². The van der Waals surface area contributed by atoms with Crippen molar-refractivity contribution in [2.24, 2.45) is 5.92 Å². The van der Waals surface area contributed by atoms with E-state index in [1.165, 1.54) is 0 Å². The minimum Gasteiger partial charge on any atom is -0.259 e. The molecule has 1 aliphatic carbocycles. The van der Waals surface area contributed by atoms with Gasteiger partial charge in [-0.15, -0.1) is 0 Å². The summed E-state index contributed by atoms with van der Waals surface area (Å²) < 4.78 is 11.8. The average Bonchev–Trinajstić information content (AvgIpc) is 2.48. The van der Waals surface area contributed by atoms with Gasteiger partial charge in [-0.1, -0.05) is 6.42 Å². The van der Waals surface area contributed by atoms with Crippen LogP contribution in [0.4, 0.5) is 0 Å². The second-order valence-corrected chi connectivity index (χ2v) is 7.04. The number of hydrogen-bond donors (Lipinski definition) is 0. The summed E-state index contributed by atoms with van der Waals surface area (Å²) in [5.74, 6) is 0.0278. The predicted octanol–water partition coefficient (Wildman–Crippen LogP) is 2.23. The van der Waals surface area contributed by atoms with E-state index in [4.69, 9.17) is 5.26 Å². The van der Waals surface area contributed by atoms with Crippen molar-refractivity contribution >= 4 is 10.8 Å². The maximum absolute atomic E-state index is 12.0. The van der Waals surface area contributed by atoms with E-state index in [1.54, 1.807) is 0 Å². The van der Waals surface area contributed by atoms with Crippen LogP contribution in [0.15, 0.2) is 0 Å². The van der Waals surface area contributed by atoms with Crippen LogP contribution in [0.1, 0.15) is 40.0 Å². The van der Waals surface area contributed by atoms with Crippen LogP contribution in [-0.2, 0) is 10.8 Å². The van der Waals surface area contributed by atoms with E-state index in [9.17, 15) is 4.21 Å². The Bertz CT molecular complexity index is 249. The van der Waals surface area contributed by atoms with E-state index >= 15 is 0 Å². The highest BCUT2D eigenvalue weighted by molar-refractivity contribution is 7.87. The van der Waals surface area contributed by atoms with Crippen molar-refractivity contribution in [1.82, 2.24) is 0 Å². The molecule has 2 nitrogen and oxygen atoms in total. The highest BCUT2D eigenvalue weighted by atomic mass is 32.2. The SMILES string of the molecule is CC(C)(C)S(=O)C1CCCC1C#N. The first-order chi connectivity index (χ1) is 5.96. The van der Waals surface area contributed by atoms with Crippen molar-refractivity contribution in [1.29, 1.82) is 5.26 Å². The molecule has 0 spiro atoms. The molecule has 1 rings (SSSR count). The third-order valence-electron chi connectivity index (χ3n) is 2.50. The molecule has 3 atom stereocenters. The van der Waals surface area contributed by atoms with E-state index in [-0.39, 0.29) is 15.9 Å². The third-order valence-corrected chi connectivity index (χ3v) is 4.82. The summed E-state index contributed by atoms with van der Waals surface area (Å²) in [5.41, 5.74) is 0. The van der Waals surface area contributed by atoms with Crippen molar-refractivity contribution in [3.05, 3.63) is 0 Å². The largest absolute Gasteiger partial charge is 0.259 e. The molecule has 3 heteroatoms. The van der Waals surface area contributed by atoms with E-state index in [0.717, 1.165) is 19.3 Å². The molecule has 0 saturated heterocycles. The summed E-state index contributed by atoms with van der Waals surface area (Å²) in [6, 6.07) is 2.27. The minimum absolute atomic E-state index is 0.0278. The van der Waals surface area contributed by atoms with Gasteiger partial charge in [-0.05, 0) is 33.6 Å². The fraction of sp³-hybridized carbons (Fsp3) is 0.900. The van der Waals surface area contributed by atoms with Gasteiger partial charge in [-0.25, -0.2) is 0 Å². The lowest BCUT2D eigenvalue weighted by Crippen LogP contribution is -2.33. The third kappa shape index (κ3) is 2.31. The van der Waals surface area contributed by atoms with Crippen molar-refractivity contribution in [2.75, 3.05) is 0 Å². The van der Waals surface area contributed by atoms with Crippen LogP contribution < -0.4 is 0 Å². The molecule has 0 bridgehead atoms. The Kier molecular flexibility index (Phi) is 3.13. The average molecular weight is 199 g/mol. The molecule has 0 heterocycles. The maximum atomic E-state index is 12.0. The molecule has 13 heavy (non-hydrogen) atoms. The van der Waals surface area contributed by atoms with Crippen LogP contribution >= 0.6 is 0 Å². The zero-order chi connectivity index (χ0) is 10.1. The molecule has 0 aromatic carbocycles. The van der Waals surface area contributed by atoms with E-state index in [0.29, 0.717) is 0 Å². The fourth-order valence-corrected chi connectivity index (χ4v) is 3.57. The smallest absolute Gasteiger partial charge is 0.0668 e. The van der Waals surface area contributed by atoms with Gasteiger partial charge in [0.15, 0.2) is 0 Å². The van der Waals surface area contributed by atoms with Crippen LogP contribution in [0.25, 0.3) is 0 Å². The summed E-state index contributed by atoms with van der Waals surface area (Å²) in [4.78, 5) is 0. The van der Waals surface area contributed by atoms with Gasteiger partial charge in [0.1, 0.15) is 0 Å². The molecule has 0 N–H and O–H groups in total. The van der Waals surface area contributed by atoms with Gasteiger partial charge in [-0.3, -0.25) is 4.21 Å². The first kappa shape index (κ1) is 10.7. The maximum Gasteiger partial charge on any atom is 0.0668 e. The fourth-order valence-electron chi connectivity index (χ4n) is 1.78. The van der Waals surface area contributed by atoms with Crippen molar-refractivity contribution < 1.29 is 4.21 Å². The van der Waals surface area contributed by atoms with Gasteiger partial charge >= 0.3 is 0 Å². The molecule has 74 valence electrons. The summed E-state index contributed by atoms with van der Waals surface area (Å²) in [6.07, 6.45) is 2.95. The van der Waals surface area contributed by atoms with Gasteiger partial charge in [0.25, 0.3) is 0 Å². The number of hydrogen-bond acceptors (Lipinski definition) is 2. The number of rotatable bonds is 1. The predicted molar refractivity (Wildman–Crippen MR) is 54.6 cm³/mol. The summed E-state index contributed by atoms with van der Waals surface area (Å²) >= 11 is 0. The molecule has 3 unspecified atom stereocenters. The molecule has 0 aliphatic heterocycles. The van der Waals surface area contributed by atoms with Crippen LogP contribution in [0.3, 0.4) is 0 Å². The zero-order valence-electron chi connectivity index (χ0n) is 8.54. The molecule has 0 amide bonds. The molecule has 0 radical (unpaired) electrons. The molecule has 1 saturated carbocycles. The molecule has 0 aromatic heterocycles. The lowest BCUT2D eigenvalue weighted by molar-refractivity contribution is 0.613. The van der Waals surface area contributed by atoms with Crippen molar-refractivity contribution in [3.63, 3.8) is 0 Å². The lowest BCUT2D eigenvalue weighted by Gasteiger charge is -2.24. The van der Waals surface area contributed by atoms with Crippen molar-refractivity contribution in [2.45, 2.75) is 50.0 Å². The number of nitriles is 1. The van der Waals surface area contributed by atoms with Gasteiger partial charge in [0, 0.05) is 15.5 Å². The standard InChI is InChI=1S/C10H17NOS/c1-10(2,3)13(12)9-6-4-5-8(9)7-11/h8-9H,4-6H2,1-3H3. The Morgan fingerprint density at radius 1 is 1.38 bits per heavy atom. The van der Waals surface area contributed by atoms with Crippen molar-refractivity contribution in [3.8, 4) is 6.07 Å². The highest BCUT2D eigenvalue weighted by Crippen LogP contribution is 2.33.